The number of nitrogens with zero attached hydrogens (tertiary/aromatic N) is 3. The molecular formula is C74H70BN3OS. The van der Waals surface area contributed by atoms with E-state index in [1.165, 1.54) is 123 Å². The van der Waals surface area contributed by atoms with Crippen LogP contribution in [0.5, 0.6) is 0 Å². The molecule has 6 heteroatoms. The molecule has 1 saturated carbocycles. The van der Waals surface area contributed by atoms with Crippen LogP contribution in [0.4, 0.5) is 45.5 Å². The third kappa shape index (κ3) is 7.00. The maximum Gasteiger partial charge on any atom is 0.254 e. The molecule has 0 amide bonds. The Bertz CT molecular complexity index is 4390. The Balaban J connectivity index is 1.13. The molecule has 396 valence electrons. The minimum atomic E-state index is -0.202. The van der Waals surface area contributed by atoms with Gasteiger partial charge in [0.1, 0.15) is 5.58 Å². The summed E-state index contributed by atoms with van der Waals surface area (Å²) >= 11 is 1.96. The second-order valence-corrected chi connectivity index (χ2v) is 28.3. The molecular weight excluding hydrogens is 990 g/mol. The van der Waals surface area contributed by atoms with Gasteiger partial charge in [0, 0.05) is 70.7 Å². The molecule has 1 fully saturated rings. The molecule has 0 radical (unpaired) electrons. The molecule has 4 aliphatic rings. The maximum atomic E-state index is 7.14. The lowest BCUT2D eigenvalue weighted by molar-refractivity contribution is 0.195. The monoisotopic (exact) mass is 1060 g/mol. The third-order valence-electron chi connectivity index (χ3n) is 19.5. The van der Waals surface area contributed by atoms with Crippen LogP contribution in [-0.4, -0.2) is 12.3 Å². The summed E-state index contributed by atoms with van der Waals surface area (Å²) in [5, 5.41) is 4.88. The summed E-state index contributed by atoms with van der Waals surface area (Å²) in [7, 11) is 0. The normalized spacial score (nSPS) is 18.7. The number of anilines is 8. The van der Waals surface area contributed by atoms with Crippen LogP contribution in [-0.2, 0) is 21.7 Å². The standard InChI is InChI=1S/C74H70BN3OS/c1-70(2,3)46-30-34-57(54(40-46)45-22-13-12-14-23-45)76-60-37-33-53-51-25-16-18-29-65(51)80-69(53)67(60)75-56-42-48(72(7,8)9)32-36-59(56)77(61-27-21-26-52-50-24-15-17-28-64(50)79-68(52)61)63-44-49(43-62(76)66(63)75)78-58-35-31-47(71(4,5)6)41-55(58)73(10)38-19-20-39-74(73,78)11/h12-18,21-37,40-44H,19-20,38-39H2,1-11H3. The first-order valence-corrected chi connectivity index (χ1v) is 30.1. The Labute approximate surface area is 476 Å². The summed E-state index contributed by atoms with van der Waals surface area (Å²) in [6.07, 6.45) is 4.66. The Morgan fingerprint density at radius 2 is 1.07 bits per heavy atom. The average Bonchev–Trinajstić information content (AvgIpc) is 2.01. The van der Waals surface area contributed by atoms with Gasteiger partial charge in [-0.15, -0.1) is 11.3 Å². The van der Waals surface area contributed by atoms with Gasteiger partial charge in [0.05, 0.1) is 16.9 Å². The molecule has 11 aromatic rings. The molecule has 4 nitrogen and oxygen atoms in total. The zero-order valence-corrected chi connectivity index (χ0v) is 49.1. The van der Waals surface area contributed by atoms with E-state index in [-0.39, 0.29) is 33.9 Å². The van der Waals surface area contributed by atoms with Gasteiger partial charge in [-0.2, -0.15) is 0 Å². The Hall–Kier alpha value is -7.54. The van der Waals surface area contributed by atoms with E-state index in [1.807, 2.05) is 11.3 Å². The van der Waals surface area contributed by atoms with Crippen molar-refractivity contribution in [3.8, 4) is 11.1 Å². The second kappa shape index (κ2) is 17.0. The highest BCUT2D eigenvalue weighted by molar-refractivity contribution is 7.28. The van der Waals surface area contributed by atoms with Crippen LogP contribution in [0.3, 0.4) is 0 Å². The molecule has 2 atom stereocenters. The fourth-order valence-corrected chi connectivity index (χ4v) is 16.2. The molecule has 0 spiro atoms. The van der Waals surface area contributed by atoms with Crippen LogP contribution >= 0.6 is 11.3 Å². The number of furan rings is 1. The highest BCUT2D eigenvalue weighted by atomic mass is 32.1. The minimum absolute atomic E-state index is 0.0139. The quantitative estimate of drug-likeness (QED) is 0.164. The maximum absolute atomic E-state index is 7.14. The van der Waals surface area contributed by atoms with E-state index in [9.17, 15) is 0 Å². The summed E-state index contributed by atoms with van der Waals surface area (Å²) in [4.78, 5) is 8.14. The fourth-order valence-electron chi connectivity index (χ4n) is 14.9. The number of benzene rings is 9. The van der Waals surface area contributed by atoms with E-state index in [2.05, 4.69) is 267 Å². The lowest BCUT2D eigenvalue weighted by atomic mass is 9.33. The van der Waals surface area contributed by atoms with E-state index in [0.29, 0.717) is 0 Å². The fraction of sp³-hybridized carbons (Fsp3) is 0.270. The van der Waals surface area contributed by atoms with Gasteiger partial charge in [0.15, 0.2) is 5.58 Å². The Morgan fingerprint density at radius 3 is 1.81 bits per heavy atom. The Kier molecular flexibility index (Phi) is 10.5. The van der Waals surface area contributed by atoms with Gasteiger partial charge in [0.25, 0.3) is 6.71 Å². The molecule has 2 aromatic heterocycles. The summed E-state index contributed by atoms with van der Waals surface area (Å²) in [5.41, 5.74) is 22.9. The van der Waals surface area contributed by atoms with Crippen molar-refractivity contribution in [1.29, 1.82) is 0 Å². The molecule has 1 aliphatic carbocycles. The van der Waals surface area contributed by atoms with Crippen molar-refractivity contribution in [1.82, 2.24) is 0 Å². The van der Waals surface area contributed by atoms with Crippen LogP contribution < -0.4 is 31.1 Å². The van der Waals surface area contributed by atoms with Gasteiger partial charge in [-0.05, 0) is 146 Å². The molecule has 2 unspecified atom stereocenters. The van der Waals surface area contributed by atoms with Crippen molar-refractivity contribution < 1.29 is 4.42 Å². The molecule has 0 bridgehead atoms. The van der Waals surface area contributed by atoms with Crippen LogP contribution in [0.25, 0.3) is 53.2 Å². The number of para-hydroxylation sites is 2. The van der Waals surface area contributed by atoms with Gasteiger partial charge in [0.2, 0.25) is 0 Å². The smallest absolute Gasteiger partial charge is 0.254 e. The zero-order valence-electron chi connectivity index (χ0n) is 48.3. The van der Waals surface area contributed by atoms with Gasteiger partial charge < -0.3 is 19.1 Å². The predicted octanol–water partition coefficient (Wildman–Crippen LogP) is 19.3. The predicted molar refractivity (Wildman–Crippen MR) is 345 cm³/mol. The van der Waals surface area contributed by atoms with Crippen molar-refractivity contribution in [2.75, 3.05) is 14.7 Å². The van der Waals surface area contributed by atoms with Gasteiger partial charge in [-0.25, -0.2) is 0 Å². The van der Waals surface area contributed by atoms with Gasteiger partial charge >= 0.3 is 0 Å². The van der Waals surface area contributed by atoms with Crippen molar-refractivity contribution in [2.24, 2.45) is 0 Å². The highest BCUT2D eigenvalue weighted by Crippen LogP contribution is 2.63. The van der Waals surface area contributed by atoms with Crippen molar-refractivity contribution in [2.45, 2.75) is 129 Å². The molecule has 15 rings (SSSR count). The minimum Gasteiger partial charge on any atom is -0.454 e. The van der Waals surface area contributed by atoms with Crippen LogP contribution in [0.1, 0.15) is 124 Å². The highest BCUT2D eigenvalue weighted by Gasteiger charge is 2.58. The third-order valence-corrected chi connectivity index (χ3v) is 20.7. The van der Waals surface area contributed by atoms with Crippen molar-refractivity contribution in [3.63, 3.8) is 0 Å². The number of hydrogen-bond acceptors (Lipinski definition) is 5. The molecule has 9 aromatic carbocycles. The van der Waals surface area contributed by atoms with E-state index in [4.69, 9.17) is 4.42 Å². The molecule has 5 heterocycles. The van der Waals surface area contributed by atoms with Crippen LogP contribution in [0, 0.1) is 0 Å². The number of hydrogen-bond donors (Lipinski definition) is 0. The first-order valence-electron chi connectivity index (χ1n) is 29.2. The first-order chi connectivity index (χ1) is 38.3. The summed E-state index contributed by atoms with van der Waals surface area (Å²) < 4.78 is 9.80. The molecule has 0 saturated heterocycles. The van der Waals surface area contributed by atoms with E-state index in [0.717, 1.165) is 40.5 Å². The van der Waals surface area contributed by atoms with Crippen molar-refractivity contribution >= 4 is 122 Å². The summed E-state index contributed by atoms with van der Waals surface area (Å²) in [6, 6.07) is 68.0. The number of thiophene rings is 1. The lowest BCUT2D eigenvalue weighted by Gasteiger charge is -2.51. The average molecular weight is 1060 g/mol. The van der Waals surface area contributed by atoms with E-state index >= 15 is 0 Å². The molecule has 3 aliphatic heterocycles. The Morgan fingerprint density at radius 1 is 0.475 bits per heavy atom. The summed E-state index contributed by atoms with van der Waals surface area (Å²) in [5.74, 6) is 0. The second-order valence-electron chi connectivity index (χ2n) is 27.2. The first kappa shape index (κ1) is 49.5. The van der Waals surface area contributed by atoms with E-state index in [1.54, 1.807) is 0 Å². The zero-order chi connectivity index (χ0) is 55.0. The topological polar surface area (TPSA) is 22.9 Å². The van der Waals surface area contributed by atoms with Gasteiger partial charge in [-0.1, -0.05) is 197 Å². The van der Waals surface area contributed by atoms with E-state index < -0.39 is 0 Å². The molecule has 80 heavy (non-hydrogen) atoms. The van der Waals surface area contributed by atoms with Gasteiger partial charge in [-0.3, -0.25) is 0 Å². The largest absolute Gasteiger partial charge is 0.454 e. The number of rotatable bonds is 4. The lowest BCUT2D eigenvalue weighted by Crippen LogP contribution is -2.62. The SMILES string of the molecule is CC(C)(C)c1ccc2c(c1)B1c3c(cc(N4c5ccc(C(C)(C)C)cc5C5(C)CCCCC45C)cc3N2c2cccc3c2oc2ccccc23)N(c2ccc(C(C)(C)C)cc2-c2ccccc2)c2ccc3c(sc4ccccc43)c21. The van der Waals surface area contributed by atoms with Crippen molar-refractivity contribution in [3.05, 3.63) is 198 Å². The molecule has 0 N–H and O–H groups in total. The van der Waals surface area contributed by atoms with Crippen LogP contribution in [0.15, 0.2) is 180 Å². The number of fused-ring (bicyclic) bond motifs is 14. The summed E-state index contributed by atoms with van der Waals surface area (Å²) in [6.45, 7) is 26.3. The van der Waals surface area contributed by atoms with Crippen LogP contribution in [0.2, 0.25) is 0 Å².